The number of imidazole rings is 1. The number of nitrogen functional groups attached to an aromatic ring is 1. The van der Waals surface area contributed by atoms with Crippen LogP contribution in [0.2, 0.25) is 5.15 Å². The second-order valence-electron chi connectivity index (χ2n) is 6.82. The number of halogens is 1. The third-order valence-corrected chi connectivity index (χ3v) is 5.13. The molecule has 1 fully saturated rings. The quantitative estimate of drug-likeness (QED) is 0.589. The molecule has 1 amide bonds. The van der Waals surface area contributed by atoms with E-state index >= 15 is 0 Å². The molecule has 1 aliphatic rings. The SMILES string of the molecule is Nc1cc(C(=O)/N=c2\[nH]c3ccccc3n2[C@H]2CC[C@@H](O)CC2)cc(Cl)n1. The number of hydrogen-bond acceptors (Lipinski definition) is 4. The van der Waals surface area contributed by atoms with Crippen molar-refractivity contribution in [1.29, 1.82) is 0 Å². The number of carbonyl (C=O) groups is 1. The number of pyridine rings is 1. The molecule has 4 rings (SSSR count). The molecule has 0 radical (unpaired) electrons. The average Bonchev–Trinajstić information content (AvgIpc) is 2.99. The molecule has 0 saturated heterocycles. The van der Waals surface area contributed by atoms with Crippen molar-refractivity contribution < 1.29 is 9.90 Å². The van der Waals surface area contributed by atoms with Crippen LogP contribution in [0.5, 0.6) is 0 Å². The van der Waals surface area contributed by atoms with Gasteiger partial charge in [-0.3, -0.25) is 4.79 Å². The molecule has 0 spiro atoms. The van der Waals surface area contributed by atoms with Crippen LogP contribution in [0, 0.1) is 0 Å². The van der Waals surface area contributed by atoms with Crippen LogP contribution in [-0.4, -0.2) is 31.7 Å². The van der Waals surface area contributed by atoms with Crippen LogP contribution < -0.4 is 11.4 Å². The summed E-state index contributed by atoms with van der Waals surface area (Å²) in [5.74, 6) is -0.269. The van der Waals surface area contributed by atoms with Gasteiger partial charge < -0.3 is 20.4 Å². The number of amides is 1. The van der Waals surface area contributed by atoms with Gasteiger partial charge in [0.2, 0.25) is 5.62 Å². The lowest BCUT2D eigenvalue weighted by molar-refractivity contribution is 0.0990. The molecule has 27 heavy (non-hydrogen) atoms. The number of hydrogen-bond donors (Lipinski definition) is 3. The third kappa shape index (κ3) is 3.61. The fourth-order valence-electron chi connectivity index (χ4n) is 3.65. The highest BCUT2D eigenvalue weighted by atomic mass is 35.5. The Bertz CT molecular complexity index is 1040. The van der Waals surface area contributed by atoms with Gasteiger partial charge in [0.25, 0.3) is 5.91 Å². The number of aromatic nitrogens is 3. The Morgan fingerprint density at radius 1 is 1.26 bits per heavy atom. The Hall–Kier alpha value is -2.64. The molecule has 1 saturated carbocycles. The van der Waals surface area contributed by atoms with Crippen LogP contribution in [0.25, 0.3) is 11.0 Å². The Kier molecular flexibility index (Phi) is 4.72. The maximum Gasteiger partial charge on any atom is 0.280 e. The van der Waals surface area contributed by atoms with E-state index in [1.54, 1.807) is 0 Å². The van der Waals surface area contributed by atoms with E-state index < -0.39 is 5.91 Å². The third-order valence-electron chi connectivity index (χ3n) is 4.94. The lowest BCUT2D eigenvalue weighted by Gasteiger charge is -2.27. The van der Waals surface area contributed by atoms with Crippen molar-refractivity contribution in [3.8, 4) is 0 Å². The van der Waals surface area contributed by atoms with Crippen LogP contribution in [0.1, 0.15) is 42.1 Å². The summed E-state index contributed by atoms with van der Waals surface area (Å²) in [7, 11) is 0. The van der Waals surface area contributed by atoms with Gasteiger partial charge in [-0.1, -0.05) is 23.7 Å². The van der Waals surface area contributed by atoms with Gasteiger partial charge in [0, 0.05) is 11.6 Å². The number of fused-ring (bicyclic) bond motifs is 1. The van der Waals surface area contributed by atoms with E-state index in [-0.39, 0.29) is 28.7 Å². The summed E-state index contributed by atoms with van der Waals surface area (Å²) in [4.78, 5) is 24.1. The summed E-state index contributed by atoms with van der Waals surface area (Å²) in [6.45, 7) is 0. The van der Waals surface area contributed by atoms with Crippen molar-refractivity contribution >= 4 is 34.4 Å². The predicted octanol–water partition coefficient (Wildman–Crippen LogP) is 2.82. The van der Waals surface area contributed by atoms with Gasteiger partial charge in [-0.15, -0.1) is 0 Å². The van der Waals surface area contributed by atoms with Gasteiger partial charge in [0.05, 0.1) is 17.1 Å². The molecule has 2 heterocycles. The van der Waals surface area contributed by atoms with Crippen molar-refractivity contribution in [3.63, 3.8) is 0 Å². The number of aliphatic hydroxyl groups is 1. The Balaban J connectivity index is 1.82. The number of carbonyl (C=O) groups excluding carboxylic acids is 1. The second-order valence-corrected chi connectivity index (χ2v) is 7.21. The molecule has 8 heteroatoms. The molecule has 4 N–H and O–H groups in total. The second kappa shape index (κ2) is 7.17. The van der Waals surface area contributed by atoms with Gasteiger partial charge in [0.15, 0.2) is 0 Å². The van der Waals surface area contributed by atoms with Crippen molar-refractivity contribution in [1.82, 2.24) is 14.5 Å². The Morgan fingerprint density at radius 3 is 2.74 bits per heavy atom. The van der Waals surface area contributed by atoms with Gasteiger partial charge in [-0.05, 0) is 49.9 Å². The highest BCUT2D eigenvalue weighted by molar-refractivity contribution is 6.29. The average molecular weight is 386 g/mol. The zero-order valence-electron chi connectivity index (χ0n) is 14.6. The van der Waals surface area contributed by atoms with Crippen LogP contribution >= 0.6 is 11.6 Å². The molecular weight excluding hydrogens is 366 g/mol. The summed E-state index contributed by atoms with van der Waals surface area (Å²) in [6, 6.07) is 10.9. The van der Waals surface area contributed by atoms with E-state index in [1.165, 1.54) is 12.1 Å². The number of aliphatic hydroxyl groups excluding tert-OH is 1. The predicted molar refractivity (Wildman–Crippen MR) is 103 cm³/mol. The van der Waals surface area contributed by atoms with E-state index in [9.17, 15) is 9.90 Å². The fraction of sp³-hybridized carbons (Fsp3) is 0.316. The van der Waals surface area contributed by atoms with Crippen LogP contribution in [0.3, 0.4) is 0 Å². The first-order valence-electron chi connectivity index (χ1n) is 8.90. The summed E-state index contributed by atoms with van der Waals surface area (Å²) < 4.78 is 2.06. The van der Waals surface area contributed by atoms with Crippen molar-refractivity contribution in [2.24, 2.45) is 4.99 Å². The monoisotopic (exact) mass is 385 g/mol. The minimum atomic E-state index is -0.442. The summed E-state index contributed by atoms with van der Waals surface area (Å²) in [6.07, 6.45) is 2.88. The van der Waals surface area contributed by atoms with Gasteiger partial charge in [-0.2, -0.15) is 4.99 Å². The molecule has 0 aliphatic heterocycles. The number of nitrogens with one attached hydrogen (secondary N) is 1. The van der Waals surface area contributed by atoms with E-state index in [0.717, 1.165) is 36.7 Å². The summed E-state index contributed by atoms with van der Waals surface area (Å²) in [5.41, 5.74) is 8.34. The molecule has 0 bridgehead atoms. The standard InChI is InChI=1S/C19H20ClN5O2/c20-16-9-11(10-17(21)23-16)18(27)24-19-22-14-3-1-2-4-15(14)25(19)12-5-7-13(26)8-6-12/h1-4,9-10,12-13,26H,5-8H2,(H2,21,23)(H,22,24,27)/t12-,13+. The van der Waals surface area contributed by atoms with Crippen LogP contribution in [0.4, 0.5) is 5.82 Å². The molecule has 7 nitrogen and oxygen atoms in total. The number of anilines is 1. The lowest BCUT2D eigenvalue weighted by atomic mass is 9.93. The molecule has 1 aromatic carbocycles. The normalized spacial score (nSPS) is 20.9. The zero-order valence-corrected chi connectivity index (χ0v) is 15.4. The molecular formula is C19H20ClN5O2. The van der Waals surface area contributed by atoms with E-state index in [1.807, 2.05) is 24.3 Å². The van der Waals surface area contributed by atoms with Crippen LogP contribution in [-0.2, 0) is 0 Å². The first-order chi connectivity index (χ1) is 13.0. The highest BCUT2D eigenvalue weighted by Gasteiger charge is 2.23. The zero-order chi connectivity index (χ0) is 19.0. The van der Waals surface area contributed by atoms with Gasteiger partial charge >= 0.3 is 0 Å². The lowest BCUT2D eigenvalue weighted by Crippen LogP contribution is -2.29. The minimum absolute atomic E-state index is 0.152. The highest BCUT2D eigenvalue weighted by Crippen LogP contribution is 2.29. The number of para-hydroxylation sites is 2. The molecule has 3 aromatic rings. The van der Waals surface area contributed by atoms with Crippen molar-refractivity contribution in [2.75, 3.05) is 5.73 Å². The number of nitrogens with zero attached hydrogens (tertiary/aromatic N) is 3. The maximum absolute atomic E-state index is 12.7. The topological polar surface area (TPSA) is 109 Å². The number of benzene rings is 1. The molecule has 1 aliphatic carbocycles. The Morgan fingerprint density at radius 2 is 2.00 bits per heavy atom. The molecule has 2 aromatic heterocycles. The van der Waals surface area contributed by atoms with Crippen LogP contribution in [0.15, 0.2) is 41.4 Å². The minimum Gasteiger partial charge on any atom is -0.393 e. The molecule has 0 atom stereocenters. The van der Waals surface area contributed by atoms with Crippen molar-refractivity contribution in [2.45, 2.75) is 37.8 Å². The summed E-state index contributed by atoms with van der Waals surface area (Å²) >= 11 is 5.91. The Labute approximate surface area is 160 Å². The smallest absolute Gasteiger partial charge is 0.280 e. The first kappa shape index (κ1) is 17.8. The molecule has 0 unspecified atom stereocenters. The van der Waals surface area contributed by atoms with E-state index in [2.05, 4.69) is 19.5 Å². The van der Waals surface area contributed by atoms with E-state index in [0.29, 0.717) is 5.62 Å². The van der Waals surface area contributed by atoms with Gasteiger partial charge in [0.1, 0.15) is 11.0 Å². The number of aromatic amines is 1. The summed E-state index contributed by atoms with van der Waals surface area (Å²) in [5, 5.41) is 9.98. The maximum atomic E-state index is 12.7. The van der Waals surface area contributed by atoms with Gasteiger partial charge in [-0.25, -0.2) is 4.98 Å². The number of rotatable bonds is 2. The first-order valence-corrected chi connectivity index (χ1v) is 9.28. The largest absolute Gasteiger partial charge is 0.393 e. The fourth-order valence-corrected chi connectivity index (χ4v) is 3.87. The number of H-pyrrole nitrogens is 1. The molecule has 140 valence electrons. The van der Waals surface area contributed by atoms with Crippen molar-refractivity contribution in [3.05, 3.63) is 52.7 Å². The number of nitrogens with two attached hydrogens (primary N) is 1. The van der Waals surface area contributed by atoms with E-state index in [4.69, 9.17) is 17.3 Å².